The number of piperidine rings is 1. The summed E-state index contributed by atoms with van der Waals surface area (Å²) in [5.41, 5.74) is 2.70. The Morgan fingerprint density at radius 3 is 2.75 bits per heavy atom. The molecule has 3 aliphatic heterocycles. The quantitative estimate of drug-likeness (QED) is 0.647. The van der Waals surface area contributed by atoms with Crippen LogP contribution in [0, 0.1) is 11.8 Å². The summed E-state index contributed by atoms with van der Waals surface area (Å²) in [5.74, 6) is 0.823. The lowest BCUT2D eigenvalue weighted by atomic mass is 9.97. The van der Waals surface area contributed by atoms with Crippen LogP contribution in [0.1, 0.15) is 47.2 Å². The van der Waals surface area contributed by atoms with E-state index in [0.717, 1.165) is 35.7 Å². The third-order valence-electron chi connectivity index (χ3n) is 6.68. The highest BCUT2D eigenvalue weighted by atomic mass is 16.2. The molecule has 28 heavy (non-hydrogen) atoms. The molecular formula is C21H26N4O3. The Morgan fingerprint density at radius 1 is 1.11 bits per heavy atom. The van der Waals surface area contributed by atoms with Gasteiger partial charge >= 0.3 is 0 Å². The zero-order chi connectivity index (χ0) is 19.3. The second-order valence-corrected chi connectivity index (χ2v) is 8.50. The van der Waals surface area contributed by atoms with Gasteiger partial charge in [-0.1, -0.05) is 18.2 Å². The Hall–Kier alpha value is -2.25. The summed E-state index contributed by atoms with van der Waals surface area (Å²) in [6, 6.07) is 5.85. The lowest BCUT2D eigenvalue weighted by Gasteiger charge is -2.29. The Bertz CT molecular complexity index is 835. The molecule has 7 heteroatoms. The third kappa shape index (κ3) is 3.12. The molecule has 3 N–H and O–H groups in total. The van der Waals surface area contributed by atoms with Crippen LogP contribution in [0.2, 0.25) is 0 Å². The van der Waals surface area contributed by atoms with Gasteiger partial charge in [0.05, 0.1) is 0 Å². The Kier molecular flexibility index (Phi) is 4.44. The molecule has 7 nitrogen and oxygen atoms in total. The van der Waals surface area contributed by atoms with E-state index in [1.165, 1.54) is 12.8 Å². The van der Waals surface area contributed by atoms with E-state index in [-0.39, 0.29) is 24.1 Å². The summed E-state index contributed by atoms with van der Waals surface area (Å²) in [6.07, 6.45) is 3.35. The smallest absolute Gasteiger partial charge is 0.255 e. The van der Waals surface area contributed by atoms with Crippen LogP contribution >= 0.6 is 0 Å². The third-order valence-corrected chi connectivity index (χ3v) is 6.68. The van der Waals surface area contributed by atoms with Gasteiger partial charge in [0.25, 0.3) is 5.91 Å². The number of benzene rings is 1. The van der Waals surface area contributed by atoms with E-state index in [9.17, 15) is 14.4 Å². The first-order valence-corrected chi connectivity index (χ1v) is 10.3. The minimum absolute atomic E-state index is 0.0924. The molecule has 3 amide bonds. The fourth-order valence-electron chi connectivity index (χ4n) is 5.02. The number of hydrogen-bond donors (Lipinski definition) is 3. The maximum Gasteiger partial charge on any atom is 0.255 e. The SMILES string of the molecule is O=C1CCC(N2Cc3cccc(CNC4CNCC4C4CC4)c3C2=O)C(=O)N1. The molecule has 3 heterocycles. The van der Waals surface area contributed by atoms with Crippen LogP contribution < -0.4 is 16.0 Å². The Morgan fingerprint density at radius 2 is 1.96 bits per heavy atom. The molecule has 3 fully saturated rings. The number of nitrogens with one attached hydrogen (secondary N) is 3. The van der Waals surface area contributed by atoms with Crippen molar-refractivity contribution in [3.63, 3.8) is 0 Å². The van der Waals surface area contributed by atoms with E-state index < -0.39 is 6.04 Å². The van der Waals surface area contributed by atoms with Crippen molar-refractivity contribution < 1.29 is 14.4 Å². The predicted molar refractivity (Wildman–Crippen MR) is 102 cm³/mol. The first-order chi connectivity index (χ1) is 13.6. The Balaban J connectivity index is 1.31. The maximum absolute atomic E-state index is 13.1. The van der Waals surface area contributed by atoms with Crippen LogP contribution in [0.15, 0.2) is 18.2 Å². The van der Waals surface area contributed by atoms with Crippen molar-refractivity contribution in [3.8, 4) is 0 Å². The van der Waals surface area contributed by atoms with E-state index in [1.54, 1.807) is 4.90 Å². The molecular weight excluding hydrogens is 356 g/mol. The molecule has 0 bridgehead atoms. The Labute approximate surface area is 164 Å². The minimum atomic E-state index is -0.559. The monoisotopic (exact) mass is 382 g/mol. The van der Waals surface area contributed by atoms with Crippen LogP contribution in [-0.2, 0) is 22.7 Å². The number of amides is 3. The van der Waals surface area contributed by atoms with E-state index in [2.05, 4.69) is 16.0 Å². The van der Waals surface area contributed by atoms with Crippen molar-refractivity contribution in [2.24, 2.45) is 11.8 Å². The predicted octanol–water partition coefficient (Wildman–Crippen LogP) is 0.535. The molecule has 1 aromatic carbocycles. The van der Waals surface area contributed by atoms with Gasteiger partial charge in [-0.2, -0.15) is 0 Å². The van der Waals surface area contributed by atoms with Crippen molar-refractivity contribution in [1.82, 2.24) is 20.9 Å². The average Bonchev–Trinajstić information content (AvgIpc) is 3.32. The highest BCUT2D eigenvalue weighted by Crippen LogP contribution is 2.39. The van der Waals surface area contributed by atoms with E-state index in [0.29, 0.717) is 31.5 Å². The van der Waals surface area contributed by atoms with Crippen LogP contribution in [-0.4, -0.2) is 47.8 Å². The van der Waals surface area contributed by atoms with Gasteiger partial charge in [0.1, 0.15) is 6.04 Å². The lowest BCUT2D eigenvalue weighted by molar-refractivity contribution is -0.136. The van der Waals surface area contributed by atoms with Crippen molar-refractivity contribution in [2.75, 3.05) is 13.1 Å². The molecule has 4 aliphatic rings. The van der Waals surface area contributed by atoms with E-state index in [1.807, 2.05) is 18.2 Å². The van der Waals surface area contributed by atoms with Gasteiger partial charge in [-0.15, -0.1) is 0 Å². The topological polar surface area (TPSA) is 90.5 Å². The zero-order valence-corrected chi connectivity index (χ0v) is 15.9. The number of hydrogen-bond acceptors (Lipinski definition) is 5. The van der Waals surface area contributed by atoms with E-state index >= 15 is 0 Å². The first-order valence-electron chi connectivity index (χ1n) is 10.3. The number of carbonyl (C=O) groups is 3. The number of fused-ring (bicyclic) bond motifs is 1. The van der Waals surface area contributed by atoms with Gasteiger partial charge in [-0.05, 0) is 48.8 Å². The number of rotatable bonds is 5. The maximum atomic E-state index is 13.1. The second kappa shape index (κ2) is 6.97. The highest BCUT2D eigenvalue weighted by Gasteiger charge is 2.41. The minimum Gasteiger partial charge on any atom is -0.322 e. The van der Waals surface area contributed by atoms with Crippen molar-refractivity contribution in [2.45, 2.75) is 50.9 Å². The van der Waals surface area contributed by atoms with Crippen LogP contribution in [0.3, 0.4) is 0 Å². The molecule has 1 aliphatic carbocycles. The van der Waals surface area contributed by atoms with Gasteiger partial charge in [0, 0.05) is 37.7 Å². The van der Waals surface area contributed by atoms with Crippen molar-refractivity contribution >= 4 is 17.7 Å². The number of carbonyl (C=O) groups excluding carboxylic acids is 3. The number of nitrogens with zero attached hydrogens (tertiary/aromatic N) is 1. The van der Waals surface area contributed by atoms with E-state index in [4.69, 9.17) is 0 Å². The molecule has 5 rings (SSSR count). The largest absolute Gasteiger partial charge is 0.322 e. The summed E-state index contributed by atoms with van der Waals surface area (Å²) in [4.78, 5) is 38.4. The fourth-order valence-corrected chi connectivity index (χ4v) is 5.02. The summed E-state index contributed by atoms with van der Waals surface area (Å²) in [5, 5.41) is 9.52. The first kappa shape index (κ1) is 17.8. The molecule has 3 atom stereocenters. The summed E-state index contributed by atoms with van der Waals surface area (Å²) in [6.45, 7) is 3.15. The molecule has 148 valence electrons. The molecule has 3 unspecified atom stereocenters. The molecule has 0 aromatic heterocycles. The summed E-state index contributed by atoms with van der Waals surface area (Å²) < 4.78 is 0. The summed E-state index contributed by atoms with van der Waals surface area (Å²) >= 11 is 0. The highest BCUT2D eigenvalue weighted by molar-refractivity contribution is 6.05. The van der Waals surface area contributed by atoms with Gasteiger partial charge in [0.2, 0.25) is 11.8 Å². The average molecular weight is 382 g/mol. The van der Waals surface area contributed by atoms with Crippen molar-refractivity contribution in [3.05, 3.63) is 34.9 Å². The van der Waals surface area contributed by atoms with Crippen LogP contribution in [0.5, 0.6) is 0 Å². The molecule has 1 aromatic rings. The van der Waals surface area contributed by atoms with Crippen LogP contribution in [0.25, 0.3) is 0 Å². The standard InChI is InChI=1S/C21H26N4O3/c26-18-7-6-17(20(27)24-18)25-11-14-3-1-2-13(19(14)21(25)28)8-23-16-10-22-9-15(16)12-4-5-12/h1-3,12,15-17,22-23H,4-11H2,(H,24,26,27). The van der Waals surface area contributed by atoms with Gasteiger partial charge in [-0.3, -0.25) is 19.7 Å². The molecule has 2 saturated heterocycles. The second-order valence-electron chi connectivity index (χ2n) is 8.50. The molecule has 0 spiro atoms. The zero-order valence-electron chi connectivity index (χ0n) is 15.9. The van der Waals surface area contributed by atoms with Gasteiger partial charge in [-0.25, -0.2) is 0 Å². The number of imide groups is 1. The van der Waals surface area contributed by atoms with Crippen LogP contribution in [0.4, 0.5) is 0 Å². The van der Waals surface area contributed by atoms with Crippen molar-refractivity contribution in [1.29, 1.82) is 0 Å². The molecule has 1 saturated carbocycles. The van der Waals surface area contributed by atoms with Gasteiger partial charge < -0.3 is 15.5 Å². The lowest BCUT2D eigenvalue weighted by Crippen LogP contribution is -2.52. The molecule has 0 radical (unpaired) electrons. The summed E-state index contributed by atoms with van der Waals surface area (Å²) in [7, 11) is 0. The van der Waals surface area contributed by atoms with Gasteiger partial charge in [0.15, 0.2) is 0 Å². The normalized spacial score (nSPS) is 29.9. The fraction of sp³-hybridized carbons (Fsp3) is 0.571.